The van der Waals surface area contributed by atoms with Gasteiger partial charge in [-0.05, 0) is 19.1 Å². The third kappa shape index (κ3) is 1.25. The molecule has 0 saturated heterocycles. The van der Waals surface area contributed by atoms with Crippen molar-refractivity contribution in [2.24, 2.45) is 0 Å². The van der Waals surface area contributed by atoms with Crippen molar-refractivity contribution in [3.05, 3.63) is 16.0 Å². The predicted molar refractivity (Wildman–Crippen MR) is 53.4 cm³/mol. The first-order chi connectivity index (χ1) is 6.20. The van der Waals surface area contributed by atoms with Crippen LogP contribution in [0.2, 0.25) is 0 Å². The van der Waals surface area contributed by atoms with Gasteiger partial charge in [-0.2, -0.15) is 5.10 Å². The van der Waals surface area contributed by atoms with E-state index in [9.17, 15) is 0 Å². The second-order valence-corrected chi connectivity index (χ2v) is 3.73. The molecule has 2 rings (SSSR count). The fraction of sp³-hybridized carbons (Fsp3) is 0.167. The maximum Gasteiger partial charge on any atom is 0.214 e. The Labute approximate surface area is 83.2 Å². The van der Waals surface area contributed by atoms with Crippen LogP contribution in [-0.2, 0) is 0 Å². The molecule has 0 saturated carbocycles. The number of aromatic nitrogens is 4. The van der Waals surface area contributed by atoms with Crippen LogP contribution in [0.5, 0.6) is 0 Å². The molecule has 2 aromatic heterocycles. The van der Waals surface area contributed by atoms with E-state index in [1.165, 1.54) is 16.0 Å². The molecule has 0 aliphatic heterocycles. The predicted octanol–water partition coefficient (Wildman–Crippen LogP) is 1.09. The number of rotatable bonds is 1. The maximum absolute atomic E-state index is 5.66. The van der Waals surface area contributed by atoms with Crippen molar-refractivity contribution >= 4 is 23.6 Å². The van der Waals surface area contributed by atoms with Crippen molar-refractivity contribution in [2.75, 3.05) is 5.84 Å². The summed E-state index contributed by atoms with van der Waals surface area (Å²) in [5, 5.41) is 6.63. The van der Waals surface area contributed by atoms with Crippen LogP contribution >= 0.6 is 23.6 Å². The normalized spacial score (nSPS) is 10.5. The summed E-state index contributed by atoms with van der Waals surface area (Å²) < 4.78 is 1.75. The Morgan fingerprint density at radius 1 is 1.69 bits per heavy atom. The van der Waals surface area contributed by atoms with Gasteiger partial charge >= 0.3 is 0 Å². The number of nitrogens with one attached hydrogen (secondary N) is 1. The highest BCUT2D eigenvalue weighted by atomic mass is 32.1. The summed E-state index contributed by atoms with van der Waals surface area (Å²) in [5.74, 6) is 6.29. The molecule has 3 N–H and O–H groups in total. The lowest BCUT2D eigenvalue weighted by Gasteiger charge is -1.96. The summed E-state index contributed by atoms with van der Waals surface area (Å²) in [5.41, 5.74) is 2.66. The van der Waals surface area contributed by atoms with Crippen molar-refractivity contribution in [1.29, 1.82) is 0 Å². The first-order valence-corrected chi connectivity index (χ1v) is 4.82. The van der Waals surface area contributed by atoms with E-state index in [2.05, 4.69) is 15.2 Å². The molecule has 13 heavy (non-hydrogen) atoms. The van der Waals surface area contributed by atoms with Gasteiger partial charge in [-0.1, -0.05) is 0 Å². The van der Waals surface area contributed by atoms with Crippen LogP contribution in [0.4, 0.5) is 0 Å². The number of aromatic amines is 1. The van der Waals surface area contributed by atoms with Crippen molar-refractivity contribution in [2.45, 2.75) is 6.92 Å². The van der Waals surface area contributed by atoms with Gasteiger partial charge in [0.05, 0.1) is 16.1 Å². The number of thiazole rings is 1. The summed E-state index contributed by atoms with van der Waals surface area (Å²) >= 11 is 6.38. The van der Waals surface area contributed by atoms with Crippen LogP contribution < -0.4 is 5.84 Å². The van der Waals surface area contributed by atoms with E-state index in [1.807, 2.05) is 6.92 Å². The lowest BCUT2D eigenvalue weighted by atomic mass is 10.4. The topological polar surface area (TPSA) is 72.5 Å². The molecule has 0 bridgehead atoms. The van der Waals surface area contributed by atoms with E-state index in [4.69, 9.17) is 18.1 Å². The van der Waals surface area contributed by atoms with Crippen molar-refractivity contribution in [1.82, 2.24) is 19.9 Å². The van der Waals surface area contributed by atoms with Gasteiger partial charge in [0.25, 0.3) is 0 Å². The number of hydrogen-bond donors (Lipinski definition) is 2. The molecule has 2 aromatic rings. The second-order valence-electron chi connectivity index (χ2n) is 2.49. The molecule has 0 aliphatic rings. The van der Waals surface area contributed by atoms with Crippen LogP contribution in [0.3, 0.4) is 0 Å². The van der Waals surface area contributed by atoms with Crippen LogP contribution in [0.15, 0.2) is 5.51 Å². The Bertz CT molecular complexity index is 479. The van der Waals surface area contributed by atoms with Gasteiger partial charge in [-0.15, -0.1) is 11.3 Å². The number of nitrogen functional groups attached to an aromatic ring is 1. The molecule has 0 aliphatic carbocycles. The van der Waals surface area contributed by atoms with E-state index in [0.29, 0.717) is 10.6 Å². The van der Waals surface area contributed by atoms with E-state index in [1.54, 1.807) is 5.51 Å². The lowest BCUT2D eigenvalue weighted by Crippen LogP contribution is -2.09. The Morgan fingerprint density at radius 2 is 2.46 bits per heavy atom. The van der Waals surface area contributed by atoms with E-state index in [-0.39, 0.29) is 0 Å². The van der Waals surface area contributed by atoms with Gasteiger partial charge in [0, 0.05) is 0 Å². The average Bonchev–Trinajstić information content (AvgIpc) is 2.62. The number of nitrogens with two attached hydrogens (primary N) is 1. The zero-order chi connectivity index (χ0) is 9.42. The van der Waals surface area contributed by atoms with Gasteiger partial charge in [0.15, 0.2) is 5.82 Å². The van der Waals surface area contributed by atoms with Gasteiger partial charge in [-0.3, -0.25) is 0 Å². The molecular weight excluding hydrogens is 206 g/mol. The maximum atomic E-state index is 5.66. The molecule has 2 heterocycles. The Kier molecular flexibility index (Phi) is 1.89. The molecule has 0 amide bonds. The molecule has 0 unspecified atom stereocenters. The average molecular weight is 213 g/mol. The second kappa shape index (κ2) is 2.93. The van der Waals surface area contributed by atoms with Crippen LogP contribution in [0.1, 0.15) is 5.69 Å². The highest BCUT2D eigenvalue weighted by molar-refractivity contribution is 7.71. The lowest BCUT2D eigenvalue weighted by molar-refractivity contribution is 0.984. The van der Waals surface area contributed by atoms with Gasteiger partial charge in [-0.25, -0.2) is 14.8 Å². The molecule has 7 heteroatoms. The van der Waals surface area contributed by atoms with Gasteiger partial charge in [0.1, 0.15) is 0 Å². The van der Waals surface area contributed by atoms with Crippen LogP contribution in [-0.4, -0.2) is 19.9 Å². The van der Waals surface area contributed by atoms with Crippen LogP contribution in [0.25, 0.3) is 10.7 Å². The molecule has 0 fully saturated rings. The summed E-state index contributed by atoms with van der Waals surface area (Å²) in [7, 11) is 0. The molecule has 0 aromatic carbocycles. The largest absolute Gasteiger partial charge is 0.335 e. The molecule has 0 spiro atoms. The summed E-state index contributed by atoms with van der Waals surface area (Å²) in [6.07, 6.45) is 0. The van der Waals surface area contributed by atoms with Crippen molar-refractivity contribution < 1.29 is 0 Å². The quantitative estimate of drug-likeness (QED) is 0.549. The number of aryl methyl sites for hydroxylation is 1. The highest BCUT2D eigenvalue weighted by Gasteiger charge is 2.10. The third-order valence-electron chi connectivity index (χ3n) is 1.65. The van der Waals surface area contributed by atoms with E-state index < -0.39 is 0 Å². The van der Waals surface area contributed by atoms with Crippen molar-refractivity contribution in [3.8, 4) is 10.7 Å². The number of hydrogen-bond acceptors (Lipinski definition) is 5. The Hall–Kier alpha value is -1.21. The molecule has 5 nitrogen and oxygen atoms in total. The zero-order valence-corrected chi connectivity index (χ0v) is 8.45. The monoisotopic (exact) mass is 213 g/mol. The fourth-order valence-corrected chi connectivity index (χ4v) is 1.90. The van der Waals surface area contributed by atoms with Crippen molar-refractivity contribution in [3.63, 3.8) is 0 Å². The Balaban J connectivity index is 2.65. The smallest absolute Gasteiger partial charge is 0.214 e. The number of nitrogens with zero attached hydrogens (tertiary/aromatic N) is 3. The fourth-order valence-electron chi connectivity index (χ4n) is 0.981. The van der Waals surface area contributed by atoms with Crippen LogP contribution in [0, 0.1) is 11.7 Å². The third-order valence-corrected chi connectivity index (χ3v) is 2.87. The summed E-state index contributed by atoms with van der Waals surface area (Å²) in [6, 6.07) is 0. The minimum absolute atomic E-state index is 0.405. The molecule has 0 radical (unpaired) electrons. The summed E-state index contributed by atoms with van der Waals surface area (Å²) in [4.78, 5) is 5.04. The van der Waals surface area contributed by atoms with Gasteiger partial charge in [0.2, 0.25) is 4.77 Å². The number of H-pyrrole nitrogens is 1. The molecular formula is C6H7N5S2. The molecule has 0 atom stereocenters. The summed E-state index contributed by atoms with van der Waals surface area (Å²) in [6.45, 7) is 1.91. The van der Waals surface area contributed by atoms with E-state index in [0.717, 1.165) is 10.6 Å². The highest BCUT2D eigenvalue weighted by Crippen LogP contribution is 2.23. The standard InChI is InChI=1S/C6H7N5S2/c1-3-4(13-2-8-3)5-9-10-6(12)11(5)7/h2H,7H2,1H3,(H,10,12). The Morgan fingerprint density at radius 3 is 2.92 bits per heavy atom. The zero-order valence-electron chi connectivity index (χ0n) is 6.81. The SMILES string of the molecule is Cc1ncsc1-c1n[nH]c(=S)n1N. The first-order valence-electron chi connectivity index (χ1n) is 3.53. The van der Waals surface area contributed by atoms with Gasteiger partial charge < -0.3 is 5.84 Å². The minimum Gasteiger partial charge on any atom is -0.335 e. The first kappa shape index (κ1) is 8.39. The van der Waals surface area contributed by atoms with E-state index >= 15 is 0 Å². The molecule has 68 valence electrons. The minimum atomic E-state index is 0.405.